The number of urea groups is 1. The van der Waals surface area contributed by atoms with E-state index in [4.69, 9.17) is 21.1 Å². The molecule has 0 aromatic heterocycles. The van der Waals surface area contributed by atoms with Gasteiger partial charge in [-0.2, -0.15) is 0 Å². The number of benzene rings is 4. The Morgan fingerprint density at radius 2 is 1.53 bits per heavy atom. The number of carbonyl (C=O) groups excluding carboxylic acids is 2. The summed E-state index contributed by atoms with van der Waals surface area (Å²) in [6, 6.07) is 22.0. The fourth-order valence-corrected chi connectivity index (χ4v) is 4.57. The molecule has 0 saturated heterocycles. The lowest BCUT2D eigenvalue weighted by Crippen LogP contribution is -2.40. The second-order valence-electron chi connectivity index (χ2n) is 10.7. The van der Waals surface area contributed by atoms with Crippen molar-refractivity contribution in [3.8, 4) is 11.5 Å². The third-order valence-electron chi connectivity index (χ3n) is 6.28. The van der Waals surface area contributed by atoms with Gasteiger partial charge in [0.1, 0.15) is 17.3 Å². The molecule has 43 heavy (non-hydrogen) atoms. The van der Waals surface area contributed by atoms with Crippen molar-refractivity contribution in [1.29, 1.82) is 0 Å². The number of carbonyl (C=O) groups is 2. The van der Waals surface area contributed by atoms with Crippen molar-refractivity contribution >= 4 is 34.9 Å². The number of hydrogen-bond donors (Lipinski definition) is 4. The van der Waals surface area contributed by atoms with Gasteiger partial charge in [-0.3, -0.25) is 4.79 Å². The van der Waals surface area contributed by atoms with Gasteiger partial charge in [0.25, 0.3) is 5.91 Å². The van der Waals surface area contributed by atoms with E-state index >= 15 is 0 Å². The third kappa shape index (κ3) is 8.24. The van der Waals surface area contributed by atoms with E-state index in [1.54, 1.807) is 60.7 Å². The molecule has 10 heteroatoms. The predicted octanol–water partition coefficient (Wildman–Crippen LogP) is 7.32. The topological polar surface area (TPSA) is 109 Å². The lowest BCUT2D eigenvalue weighted by atomic mass is 10.0. The number of ether oxygens (including phenoxy) is 2. The summed E-state index contributed by atoms with van der Waals surface area (Å²) in [5, 5.41) is 18.4. The van der Waals surface area contributed by atoms with Gasteiger partial charge < -0.3 is 30.5 Å². The van der Waals surface area contributed by atoms with Crippen LogP contribution < -0.4 is 25.4 Å². The Morgan fingerprint density at radius 1 is 0.907 bits per heavy atom. The molecule has 0 aliphatic carbocycles. The van der Waals surface area contributed by atoms with Crippen molar-refractivity contribution in [2.45, 2.75) is 39.0 Å². The Kier molecular flexibility index (Phi) is 9.90. The van der Waals surface area contributed by atoms with Crippen LogP contribution in [0.3, 0.4) is 0 Å². The fraction of sp³-hybridized carbons (Fsp3) is 0.212. The number of aliphatic hydroxyl groups is 1. The molecule has 4 N–H and O–H groups in total. The van der Waals surface area contributed by atoms with Crippen LogP contribution in [0.1, 0.15) is 53.9 Å². The van der Waals surface area contributed by atoms with E-state index in [-0.39, 0.29) is 17.9 Å². The van der Waals surface area contributed by atoms with Crippen LogP contribution in [0.5, 0.6) is 11.5 Å². The maximum absolute atomic E-state index is 13.8. The number of anilines is 2. The molecule has 0 aliphatic heterocycles. The average molecular weight is 606 g/mol. The molecule has 224 valence electrons. The van der Waals surface area contributed by atoms with Gasteiger partial charge in [0.2, 0.25) is 0 Å². The molecular formula is C33H33ClFN3O5. The molecule has 0 bridgehead atoms. The van der Waals surface area contributed by atoms with Crippen LogP contribution in [0.25, 0.3) is 0 Å². The Hall–Kier alpha value is -4.60. The maximum atomic E-state index is 13.8. The standard InChI is InChI=1S/C33H33ClFN3O5/c1-33(2,3)38-31(40)26-18-24(37-32(41)36-23-13-15-28(42-4)21(17-23)19-39)14-16-29(26)43-30(20-9-11-22(35)12-10-20)25-7-5-6-8-27(25)34/h5-18,30,39H,19H2,1-4H3,(H,38,40)(H2,36,37,41). The smallest absolute Gasteiger partial charge is 0.323 e. The van der Waals surface area contributed by atoms with Gasteiger partial charge in [0, 0.05) is 33.1 Å². The normalized spacial score (nSPS) is 11.8. The van der Waals surface area contributed by atoms with Crippen molar-refractivity contribution < 1.29 is 28.6 Å². The van der Waals surface area contributed by atoms with Crippen LogP contribution in [0.15, 0.2) is 84.9 Å². The number of hydrogen-bond acceptors (Lipinski definition) is 5. The third-order valence-corrected chi connectivity index (χ3v) is 6.63. The van der Waals surface area contributed by atoms with Crippen molar-refractivity contribution in [1.82, 2.24) is 5.32 Å². The highest BCUT2D eigenvalue weighted by Gasteiger charge is 2.25. The van der Waals surface area contributed by atoms with Crippen LogP contribution in [-0.2, 0) is 6.61 Å². The molecule has 4 rings (SSSR count). The first-order valence-corrected chi connectivity index (χ1v) is 13.8. The number of nitrogens with one attached hydrogen (secondary N) is 3. The van der Waals surface area contributed by atoms with E-state index in [1.807, 2.05) is 26.8 Å². The predicted molar refractivity (Wildman–Crippen MR) is 166 cm³/mol. The highest BCUT2D eigenvalue weighted by Crippen LogP contribution is 2.35. The van der Waals surface area contributed by atoms with Crippen LogP contribution >= 0.6 is 11.6 Å². The minimum absolute atomic E-state index is 0.166. The fourth-order valence-electron chi connectivity index (χ4n) is 4.33. The second-order valence-corrected chi connectivity index (χ2v) is 11.2. The Balaban J connectivity index is 1.67. The largest absolute Gasteiger partial charge is 0.496 e. The summed E-state index contributed by atoms with van der Waals surface area (Å²) in [4.78, 5) is 26.3. The molecule has 1 atom stereocenters. The molecule has 1 unspecified atom stereocenters. The zero-order valence-electron chi connectivity index (χ0n) is 24.2. The number of halogens is 2. The van der Waals surface area contributed by atoms with Gasteiger partial charge in [0.05, 0.1) is 19.3 Å². The molecular weight excluding hydrogens is 573 g/mol. The highest BCUT2D eigenvalue weighted by molar-refractivity contribution is 6.31. The lowest BCUT2D eigenvalue weighted by molar-refractivity contribution is 0.0913. The van der Waals surface area contributed by atoms with E-state index in [2.05, 4.69) is 16.0 Å². The van der Waals surface area contributed by atoms with E-state index in [1.165, 1.54) is 25.3 Å². The van der Waals surface area contributed by atoms with Gasteiger partial charge in [-0.1, -0.05) is 41.9 Å². The average Bonchev–Trinajstić information content (AvgIpc) is 2.96. The molecule has 0 heterocycles. The van der Waals surface area contributed by atoms with Crippen molar-refractivity contribution in [3.63, 3.8) is 0 Å². The molecule has 3 amide bonds. The number of methoxy groups -OCH3 is 1. The Labute approximate surface area is 254 Å². The first-order chi connectivity index (χ1) is 20.5. The molecule has 8 nitrogen and oxygen atoms in total. The van der Waals surface area contributed by atoms with Gasteiger partial charge in [0.15, 0.2) is 6.10 Å². The molecule has 4 aromatic carbocycles. The van der Waals surface area contributed by atoms with Crippen molar-refractivity contribution in [2.24, 2.45) is 0 Å². The highest BCUT2D eigenvalue weighted by atomic mass is 35.5. The zero-order chi connectivity index (χ0) is 31.1. The monoisotopic (exact) mass is 605 g/mol. The van der Waals surface area contributed by atoms with E-state index in [0.717, 1.165) is 0 Å². The van der Waals surface area contributed by atoms with Crippen LogP contribution in [0.2, 0.25) is 5.02 Å². The Morgan fingerprint density at radius 3 is 2.14 bits per heavy atom. The van der Waals surface area contributed by atoms with Crippen molar-refractivity contribution in [2.75, 3.05) is 17.7 Å². The molecule has 0 radical (unpaired) electrons. The van der Waals surface area contributed by atoms with Crippen LogP contribution in [0.4, 0.5) is 20.6 Å². The molecule has 0 spiro atoms. The van der Waals surface area contributed by atoms with Crippen molar-refractivity contribution in [3.05, 3.63) is 118 Å². The minimum Gasteiger partial charge on any atom is -0.496 e. The van der Waals surface area contributed by atoms with Gasteiger partial charge in [-0.15, -0.1) is 0 Å². The number of aliphatic hydroxyl groups excluding tert-OH is 1. The summed E-state index contributed by atoms with van der Waals surface area (Å²) < 4.78 is 25.4. The minimum atomic E-state index is -0.770. The SMILES string of the molecule is COc1ccc(NC(=O)Nc2ccc(OC(c3ccc(F)cc3)c3ccccc3Cl)c(C(=O)NC(C)(C)C)c2)cc1CO. The maximum Gasteiger partial charge on any atom is 0.323 e. The summed E-state index contributed by atoms with van der Waals surface area (Å²) >= 11 is 6.53. The van der Waals surface area contributed by atoms with Crippen LogP contribution in [-0.4, -0.2) is 29.7 Å². The zero-order valence-corrected chi connectivity index (χ0v) is 25.0. The molecule has 0 saturated carbocycles. The molecule has 0 aliphatic rings. The van der Waals surface area contributed by atoms with E-state index < -0.39 is 29.4 Å². The summed E-state index contributed by atoms with van der Waals surface area (Å²) in [6.45, 7) is 5.28. The van der Waals surface area contributed by atoms with Gasteiger partial charge in [-0.25, -0.2) is 9.18 Å². The summed E-state index contributed by atoms with van der Waals surface area (Å²) in [5.41, 5.74) is 2.13. The second kappa shape index (κ2) is 13.6. The number of rotatable bonds is 9. The molecule has 0 fully saturated rings. The summed E-state index contributed by atoms with van der Waals surface area (Å²) in [5.74, 6) is -0.104. The van der Waals surface area contributed by atoms with E-state index in [0.29, 0.717) is 38.8 Å². The van der Waals surface area contributed by atoms with E-state index in [9.17, 15) is 19.1 Å². The van der Waals surface area contributed by atoms with Gasteiger partial charge >= 0.3 is 6.03 Å². The molecule has 4 aromatic rings. The quantitative estimate of drug-likeness (QED) is 0.160. The Bertz CT molecular complexity index is 1610. The summed E-state index contributed by atoms with van der Waals surface area (Å²) in [7, 11) is 1.49. The lowest BCUT2D eigenvalue weighted by Gasteiger charge is -2.25. The van der Waals surface area contributed by atoms with Gasteiger partial charge in [-0.05, 0) is 80.9 Å². The first-order valence-electron chi connectivity index (χ1n) is 13.5. The summed E-state index contributed by atoms with van der Waals surface area (Å²) in [6.07, 6.45) is -0.770. The first kappa shape index (κ1) is 31.3. The van der Waals surface area contributed by atoms with Crippen LogP contribution in [0, 0.1) is 5.82 Å². The number of amides is 3.